The molecule has 1 aromatic rings. The Morgan fingerprint density at radius 1 is 1.29 bits per heavy atom. The predicted octanol–water partition coefficient (Wildman–Crippen LogP) is 3.11. The minimum atomic E-state index is -0.256. The quantitative estimate of drug-likeness (QED) is 0.911. The van der Waals surface area contributed by atoms with Crippen molar-refractivity contribution in [3.63, 3.8) is 0 Å². The number of hydrogen-bond donors (Lipinski definition) is 1. The summed E-state index contributed by atoms with van der Waals surface area (Å²) in [6.45, 7) is 4.19. The molecule has 2 unspecified atom stereocenters. The molecule has 2 N–H and O–H groups in total. The number of rotatable bonds is 2. The summed E-state index contributed by atoms with van der Waals surface area (Å²) in [5.41, 5.74) is 8.00. The first-order chi connectivity index (χ1) is 10.1. The summed E-state index contributed by atoms with van der Waals surface area (Å²) in [7, 11) is 0. The van der Waals surface area contributed by atoms with E-state index >= 15 is 0 Å². The Labute approximate surface area is 125 Å². The van der Waals surface area contributed by atoms with Crippen molar-refractivity contribution in [1.29, 1.82) is 0 Å². The zero-order valence-corrected chi connectivity index (χ0v) is 12.6. The van der Waals surface area contributed by atoms with E-state index in [0.29, 0.717) is 12.2 Å². The maximum Gasteiger partial charge on any atom is 0.127 e. The second kappa shape index (κ2) is 6.03. The second-order valence-corrected chi connectivity index (χ2v) is 6.45. The van der Waals surface area contributed by atoms with Crippen LogP contribution in [-0.2, 0) is 9.47 Å². The molecule has 1 aromatic carbocycles. The van der Waals surface area contributed by atoms with Gasteiger partial charge in [0.1, 0.15) is 5.82 Å². The fraction of sp³-hybridized carbons (Fsp3) is 0.647. The van der Waals surface area contributed by atoms with Gasteiger partial charge in [0.15, 0.2) is 0 Å². The molecule has 4 heteroatoms. The number of aryl methyl sites for hydroxylation is 1. The average Bonchev–Trinajstić information content (AvgIpc) is 2.50. The van der Waals surface area contributed by atoms with Crippen LogP contribution in [0.2, 0.25) is 0 Å². The van der Waals surface area contributed by atoms with Gasteiger partial charge in [0.2, 0.25) is 0 Å². The van der Waals surface area contributed by atoms with Crippen molar-refractivity contribution >= 4 is 0 Å². The van der Waals surface area contributed by atoms with Crippen molar-refractivity contribution in [2.24, 2.45) is 11.7 Å². The number of nitrogens with two attached hydrogens (primary N) is 1. The number of hydrogen-bond acceptors (Lipinski definition) is 3. The number of ether oxygens (including phenoxy) is 2. The molecule has 1 spiro atoms. The molecule has 2 aliphatic heterocycles. The Morgan fingerprint density at radius 3 is 2.81 bits per heavy atom. The predicted molar refractivity (Wildman–Crippen MR) is 79.5 cm³/mol. The first-order valence-electron chi connectivity index (χ1n) is 7.83. The molecule has 116 valence electrons. The summed E-state index contributed by atoms with van der Waals surface area (Å²) in [6, 6.07) is 4.93. The Bertz CT molecular complexity index is 494. The van der Waals surface area contributed by atoms with Gasteiger partial charge in [-0.1, -0.05) is 17.7 Å². The third-order valence-corrected chi connectivity index (χ3v) is 4.95. The fourth-order valence-electron chi connectivity index (χ4n) is 3.64. The van der Waals surface area contributed by atoms with Crippen molar-refractivity contribution in [3.8, 4) is 0 Å². The molecule has 2 saturated heterocycles. The molecule has 0 aliphatic carbocycles. The molecular formula is C17H24FNO2. The largest absolute Gasteiger partial charge is 0.381 e. The van der Waals surface area contributed by atoms with Crippen molar-refractivity contribution in [1.82, 2.24) is 0 Å². The topological polar surface area (TPSA) is 44.5 Å². The van der Waals surface area contributed by atoms with Gasteiger partial charge in [-0.25, -0.2) is 4.39 Å². The average molecular weight is 293 g/mol. The van der Waals surface area contributed by atoms with Gasteiger partial charge in [-0.2, -0.15) is 0 Å². The van der Waals surface area contributed by atoms with Crippen LogP contribution in [0.3, 0.4) is 0 Å². The summed E-state index contributed by atoms with van der Waals surface area (Å²) in [5.74, 6) is 0.0776. The van der Waals surface area contributed by atoms with Gasteiger partial charge in [0.25, 0.3) is 0 Å². The molecule has 0 saturated carbocycles. The van der Waals surface area contributed by atoms with Crippen LogP contribution in [0.25, 0.3) is 0 Å². The van der Waals surface area contributed by atoms with E-state index in [0.717, 1.165) is 44.5 Å². The smallest absolute Gasteiger partial charge is 0.127 e. The van der Waals surface area contributed by atoms with Crippen LogP contribution >= 0.6 is 0 Å². The van der Waals surface area contributed by atoms with E-state index in [1.807, 2.05) is 13.0 Å². The van der Waals surface area contributed by atoms with Crippen LogP contribution in [0.4, 0.5) is 4.39 Å². The molecule has 0 bridgehead atoms. The van der Waals surface area contributed by atoms with Gasteiger partial charge in [-0.15, -0.1) is 0 Å². The lowest BCUT2D eigenvalue weighted by Gasteiger charge is -2.44. The maximum atomic E-state index is 14.1. The zero-order chi connectivity index (χ0) is 14.9. The van der Waals surface area contributed by atoms with Crippen molar-refractivity contribution in [3.05, 3.63) is 35.1 Å². The highest BCUT2D eigenvalue weighted by Crippen LogP contribution is 2.41. The third kappa shape index (κ3) is 3.12. The van der Waals surface area contributed by atoms with E-state index in [-0.39, 0.29) is 23.4 Å². The molecule has 3 nitrogen and oxygen atoms in total. The normalized spacial score (nSPS) is 26.7. The molecule has 0 radical (unpaired) electrons. The van der Waals surface area contributed by atoms with Crippen molar-refractivity contribution in [2.45, 2.75) is 44.2 Å². The van der Waals surface area contributed by atoms with E-state index in [1.165, 1.54) is 6.07 Å². The van der Waals surface area contributed by atoms with Crippen LogP contribution in [0, 0.1) is 18.7 Å². The summed E-state index contributed by atoms with van der Waals surface area (Å²) >= 11 is 0. The number of benzene rings is 1. The van der Waals surface area contributed by atoms with E-state index in [1.54, 1.807) is 6.07 Å². The molecule has 21 heavy (non-hydrogen) atoms. The summed E-state index contributed by atoms with van der Waals surface area (Å²) in [4.78, 5) is 0. The van der Waals surface area contributed by atoms with Gasteiger partial charge >= 0.3 is 0 Å². The Morgan fingerprint density at radius 2 is 2.05 bits per heavy atom. The highest BCUT2D eigenvalue weighted by molar-refractivity contribution is 5.27. The second-order valence-electron chi connectivity index (χ2n) is 6.45. The minimum absolute atomic E-state index is 0.0981. The van der Waals surface area contributed by atoms with Gasteiger partial charge in [-0.3, -0.25) is 0 Å². The molecule has 2 fully saturated rings. The first kappa shape index (κ1) is 14.9. The molecule has 0 amide bonds. The summed E-state index contributed by atoms with van der Waals surface area (Å²) in [5, 5.41) is 0. The third-order valence-electron chi connectivity index (χ3n) is 4.95. The molecule has 2 atom stereocenters. The molecule has 3 rings (SSSR count). The fourth-order valence-corrected chi connectivity index (χ4v) is 3.64. The number of halogens is 1. The molecule has 2 heterocycles. The zero-order valence-electron chi connectivity index (χ0n) is 12.6. The van der Waals surface area contributed by atoms with Crippen LogP contribution in [-0.4, -0.2) is 25.4 Å². The van der Waals surface area contributed by atoms with Gasteiger partial charge in [0.05, 0.1) is 5.60 Å². The van der Waals surface area contributed by atoms with Crippen LogP contribution in [0.1, 0.15) is 42.9 Å². The van der Waals surface area contributed by atoms with Crippen LogP contribution in [0.15, 0.2) is 18.2 Å². The van der Waals surface area contributed by atoms with E-state index < -0.39 is 0 Å². The standard InChI is InChI=1S/C17H24FNO2/c1-12-2-3-15(18)14(10-12)16(19)13-4-7-21-17(11-13)5-8-20-9-6-17/h2-3,10,13,16H,4-9,11,19H2,1H3. The Kier molecular flexibility index (Phi) is 4.29. The lowest BCUT2D eigenvalue weighted by molar-refractivity contribution is -0.149. The highest BCUT2D eigenvalue weighted by Gasteiger charge is 2.41. The Hall–Kier alpha value is -0.970. The molecule has 2 aliphatic rings. The van der Waals surface area contributed by atoms with E-state index in [2.05, 4.69) is 0 Å². The van der Waals surface area contributed by atoms with E-state index in [4.69, 9.17) is 15.2 Å². The lowest BCUT2D eigenvalue weighted by atomic mass is 9.76. The first-order valence-corrected chi connectivity index (χ1v) is 7.83. The maximum absolute atomic E-state index is 14.1. The molecule has 0 aromatic heterocycles. The SMILES string of the molecule is Cc1ccc(F)c(C(N)C2CCOC3(CCOCC3)C2)c1. The summed E-state index contributed by atoms with van der Waals surface area (Å²) < 4.78 is 25.6. The van der Waals surface area contributed by atoms with Gasteiger partial charge in [0, 0.05) is 31.4 Å². The van der Waals surface area contributed by atoms with Crippen molar-refractivity contribution < 1.29 is 13.9 Å². The molecular weight excluding hydrogens is 269 g/mol. The van der Waals surface area contributed by atoms with Crippen LogP contribution in [0.5, 0.6) is 0 Å². The van der Waals surface area contributed by atoms with E-state index in [9.17, 15) is 4.39 Å². The monoisotopic (exact) mass is 293 g/mol. The Balaban J connectivity index is 1.77. The summed E-state index contributed by atoms with van der Waals surface area (Å²) in [6.07, 6.45) is 3.65. The lowest BCUT2D eigenvalue weighted by Crippen LogP contribution is -2.46. The van der Waals surface area contributed by atoms with Gasteiger partial charge in [-0.05, 0) is 44.6 Å². The van der Waals surface area contributed by atoms with Crippen molar-refractivity contribution in [2.75, 3.05) is 19.8 Å². The highest BCUT2D eigenvalue weighted by atomic mass is 19.1. The van der Waals surface area contributed by atoms with Crippen LogP contribution < -0.4 is 5.73 Å². The van der Waals surface area contributed by atoms with Gasteiger partial charge < -0.3 is 15.2 Å². The minimum Gasteiger partial charge on any atom is -0.381 e.